The SMILES string of the molecule is CC(=O)c1ccc2[nH]cc(CCNCc3cccc(C(N)=O)c3)c2c1. The predicted octanol–water partition coefficient (Wildman–Crippen LogP) is 2.80. The predicted molar refractivity (Wildman–Crippen MR) is 98.7 cm³/mol. The molecule has 0 aliphatic carbocycles. The van der Waals surface area contributed by atoms with Gasteiger partial charge in [-0.15, -0.1) is 0 Å². The van der Waals surface area contributed by atoms with Gasteiger partial charge in [-0.05, 0) is 61.3 Å². The fourth-order valence-electron chi connectivity index (χ4n) is 2.89. The number of hydrogen-bond donors (Lipinski definition) is 3. The number of benzene rings is 2. The van der Waals surface area contributed by atoms with Crippen LogP contribution in [0, 0.1) is 0 Å². The highest BCUT2D eigenvalue weighted by atomic mass is 16.1. The maximum Gasteiger partial charge on any atom is 0.248 e. The van der Waals surface area contributed by atoms with Crippen molar-refractivity contribution in [2.45, 2.75) is 19.9 Å². The molecule has 1 amide bonds. The van der Waals surface area contributed by atoms with Gasteiger partial charge in [0.1, 0.15) is 0 Å². The quantitative estimate of drug-likeness (QED) is 0.458. The van der Waals surface area contributed by atoms with E-state index >= 15 is 0 Å². The number of nitrogens with one attached hydrogen (secondary N) is 2. The summed E-state index contributed by atoms with van der Waals surface area (Å²) in [5.74, 6) is -0.344. The third-order valence-electron chi connectivity index (χ3n) is 4.29. The van der Waals surface area contributed by atoms with Crippen molar-refractivity contribution in [2.24, 2.45) is 5.73 Å². The van der Waals surface area contributed by atoms with E-state index in [0.29, 0.717) is 12.1 Å². The smallest absolute Gasteiger partial charge is 0.248 e. The number of Topliss-reactive ketones (excluding diaryl/α,β-unsaturated/α-hetero) is 1. The molecule has 0 aliphatic heterocycles. The molecule has 0 fully saturated rings. The van der Waals surface area contributed by atoms with E-state index in [9.17, 15) is 9.59 Å². The molecule has 5 nitrogen and oxygen atoms in total. The molecule has 0 saturated carbocycles. The van der Waals surface area contributed by atoms with Gasteiger partial charge in [0.05, 0.1) is 0 Å². The molecule has 0 unspecified atom stereocenters. The summed E-state index contributed by atoms with van der Waals surface area (Å²) in [6.07, 6.45) is 2.83. The lowest BCUT2D eigenvalue weighted by molar-refractivity contribution is 0.0996. The van der Waals surface area contributed by atoms with Gasteiger partial charge in [-0.2, -0.15) is 0 Å². The fraction of sp³-hybridized carbons (Fsp3) is 0.200. The molecule has 2 aromatic carbocycles. The molecule has 4 N–H and O–H groups in total. The summed E-state index contributed by atoms with van der Waals surface area (Å²) >= 11 is 0. The number of fused-ring (bicyclic) bond motifs is 1. The van der Waals surface area contributed by atoms with Crippen molar-refractivity contribution in [1.29, 1.82) is 0 Å². The number of carbonyl (C=O) groups is 2. The maximum absolute atomic E-state index is 11.6. The Morgan fingerprint density at radius 2 is 1.96 bits per heavy atom. The Labute approximate surface area is 146 Å². The zero-order chi connectivity index (χ0) is 17.8. The zero-order valence-electron chi connectivity index (χ0n) is 14.1. The summed E-state index contributed by atoms with van der Waals surface area (Å²) in [5.41, 5.74) is 9.78. The summed E-state index contributed by atoms with van der Waals surface area (Å²) in [4.78, 5) is 26.0. The Bertz CT molecular complexity index is 928. The second-order valence-corrected chi connectivity index (χ2v) is 6.12. The van der Waals surface area contributed by atoms with Crippen molar-refractivity contribution in [3.63, 3.8) is 0 Å². The van der Waals surface area contributed by atoms with Crippen LogP contribution in [0.25, 0.3) is 10.9 Å². The van der Waals surface area contributed by atoms with Gasteiger partial charge in [-0.1, -0.05) is 12.1 Å². The van der Waals surface area contributed by atoms with Crippen molar-refractivity contribution in [3.8, 4) is 0 Å². The monoisotopic (exact) mass is 335 g/mol. The van der Waals surface area contributed by atoms with Crippen molar-refractivity contribution >= 4 is 22.6 Å². The van der Waals surface area contributed by atoms with Crippen LogP contribution in [0.15, 0.2) is 48.7 Å². The average Bonchev–Trinajstić information content (AvgIpc) is 3.01. The number of ketones is 1. The first kappa shape index (κ1) is 16.9. The van der Waals surface area contributed by atoms with Crippen LogP contribution in [-0.4, -0.2) is 23.2 Å². The number of primary amides is 1. The zero-order valence-corrected chi connectivity index (χ0v) is 14.1. The van der Waals surface area contributed by atoms with Gasteiger partial charge in [-0.3, -0.25) is 9.59 Å². The van der Waals surface area contributed by atoms with Crippen LogP contribution in [-0.2, 0) is 13.0 Å². The Morgan fingerprint density at radius 3 is 2.72 bits per heavy atom. The molecule has 3 rings (SSSR count). The third kappa shape index (κ3) is 3.95. The minimum atomic E-state index is -0.415. The van der Waals surface area contributed by atoms with Crippen LogP contribution in [0.1, 0.15) is 38.8 Å². The summed E-state index contributed by atoms with van der Waals surface area (Å²) in [7, 11) is 0. The van der Waals surface area contributed by atoms with Gasteiger partial charge < -0.3 is 16.0 Å². The lowest BCUT2D eigenvalue weighted by Gasteiger charge is -2.06. The minimum Gasteiger partial charge on any atom is -0.366 e. The molecule has 0 atom stereocenters. The van der Waals surface area contributed by atoms with E-state index in [2.05, 4.69) is 10.3 Å². The van der Waals surface area contributed by atoms with Crippen LogP contribution in [0.3, 0.4) is 0 Å². The fourth-order valence-corrected chi connectivity index (χ4v) is 2.89. The number of hydrogen-bond acceptors (Lipinski definition) is 3. The van der Waals surface area contributed by atoms with Gasteiger partial charge >= 0.3 is 0 Å². The van der Waals surface area contributed by atoms with E-state index in [1.54, 1.807) is 19.1 Å². The molecule has 1 aromatic heterocycles. The van der Waals surface area contributed by atoms with E-state index in [4.69, 9.17) is 5.73 Å². The number of nitrogens with two attached hydrogens (primary N) is 1. The second kappa shape index (κ2) is 7.32. The molecule has 128 valence electrons. The first-order valence-corrected chi connectivity index (χ1v) is 8.25. The highest BCUT2D eigenvalue weighted by molar-refractivity contribution is 5.98. The summed E-state index contributed by atoms with van der Waals surface area (Å²) < 4.78 is 0. The number of aromatic amines is 1. The molecule has 5 heteroatoms. The van der Waals surface area contributed by atoms with Gasteiger partial charge in [0, 0.05) is 34.8 Å². The molecule has 0 radical (unpaired) electrons. The van der Waals surface area contributed by atoms with E-state index < -0.39 is 5.91 Å². The van der Waals surface area contributed by atoms with Crippen LogP contribution < -0.4 is 11.1 Å². The van der Waals surface area contributed by atoms with E-state index in [-0.39, 0.29) is 5.78 Å². The molecule has 25 heavy (non-hydrogen) atoms. The van der Waals surface area contributed by atoms with Gasteiger partial charge in [0.15, 0.2) is 5.78 Å². The largest absolute Gasteiger partial charge is 0.366 e. The van der Waals surface area contributed by atoms with Crippen LogP contribution in [0.4, 0.5) is 0 Å². The lowest BCUT2D eigenvalue weighted by Crippen LogP contribution is -2.17. The third-order valence-corrected chi connectivity index (χ3v) is 4.29. The highest BCUT2D eigenvalue weighted by Gasteiger charge is 2.07. The number of H-pyrrole nitrogens is 1. The molecular formula is C20H21N3O2. The number of rotatable bonds is 7. The average molecular weight is 335 g/mol. The minimum absolute atomic E-state index is 0.0708. The van der Waals surface area contributed by atoms with Crippen LogP contribution in [0.5, 0.6) is 0 Å². The van der Waals surface area contributed by atoms with Gasteiger partial charge in [-0.25, -0.2) is 0 Å². The van der Waals surface area contributed by atoms with Crippen LogP contribution in [0.2, 0.25) is 0 Å². The Morgan fingerprint density at radius 1 is 1.12 bits per heavy atom. The molecule has 3 aromatic rings. The summed E-state index contributed by atoms with van der Waals surface area (Å²) in [6, 6.07) is 13.0. The number of carbonyl (C=O) groups excluding carboxylic acids is 2. The topological polar surface area (TPSA) is 88.0 Å². The summed E-state index contributed by atoms with van der Waals surface area (Å²) in [5, 5.41) is 4.46. The highest BCUT2D eigenvalue weighted by Crippen LogP contribution is 2.20. The Hall–Kier alpha value is -2.92. The molecule has 0 bridgehead atoms. The molecular weight excluding hydrogens is 314 g/mol. The van der Waals surface area contributed by atoms with Gasteiger partial charge in [0.25, 0.3) is 0 Å². The summed E-state index contributed by atoms with van der Waals surface area (Å²) in [6.45, 7) is 3.04. The normalized spacial score (nSPS) is 10.9. The van der Waals surface area contributed by atoms with Gasteiger partial charge in [0.2, 0.25) is 5.91 Å². The first-order valence-electron chi connectivity index (χ1n) is 8.25. The van der Waals surface area contributed by atoms with E-state index in [0.717, 1.165) is 35.0 Å². The Balaban J connectivity index is 1.61. The molecule has 1 heterocycles. The second-order valence-electron chi connectivity index (χ2n) is 6.12. The molecule has 0 spiro atoms. The van der Waals surface area contributed by atoms with Crippen molar-refractivity contribution in [1.82, 2.24) is 10.3 Å². The maximum atomic E-state index is 11.6. The number of amides is 1. The molecule has 0 saturated heterocycles. The van der Waals surface area contributed by atoms with Crippen molar-refractivity contribution in [2.75, 3.05) is 6.54 Å². The lowest BCUT2D eigenvalue weighted by atomic mass is 10.1. The van der Waals surface area contributed by atoms with E-state index in [1.807, 2.05) is 36.5 Å². The Kier molecular flexibility index (Phi) is 4.95. The number of aromatic nitrogens is 1. The van der Waals surface area contributed by atoms with Crippen molar-refractivity contribution in [3.05, 3.63) is 70.9 Å². The van der Waals surface area contributed by atoms with Crippen molar-refractivity contribution < 1.29 is 9.59 Å². The van der Waals surface area contributed by atoms with E-state index in [1.165, 1.54) is 5.56 Å². The van der Waals surface area contributed by atoms with Crippen LogP contribution >= 0.6 is 0 Å². The first-order chi connectivity index (χ1) is 12.0. The standard InChI is InChI=1S/C20H21N3O2/c1-13(24)15-5-6-19-18(10-15)17(12-23-19)7-8-22-11-14-3-2-4-16(9-14)20(21)25/h2-6,9-10,12,22-23H,7-8,11H2,1H3,(H2,21,25). The molecule has 0 aliphatic rings.